The molecule has 2 unspecified atom stereocenters. The third-order valence-corrected chi connectivity index (χ3v) is 3.54. The van der Waals surface area contributed by atoms with E-state index in [0.29, 0.717) is 6.42 Å². The first kappa shape index (κ1) is 12.5. The Kier molecular flexibility index (Phi) is 3.31. The van der Waals surface area contributed by atoms with Crippen LogP contribution in [0.25, 0.3) is 10.9 Å². The van der Waals surface area contributed by atoms with Crippen LogP contribution in [-0.2, 0) is 0 Å². The van der Waals surface area contributed by atoms with Crippen LogP contribution in [0.15, 0.2) is 36.5 Å². The number of hydrogen-bond acceptors (Lipinski definition) is 3. The van der Waals surface area contributed by atoms with Crippen molar-refractivity contribution in [3.63, 3.8) is 0 Å². The van der Waals surface area contributed by atoms with Crippen molar-refractivity contribution >= 4 is 10.9 Å². The van der Waals surface area contributed by atoms with Gasteiger partial charge in [-0.1, -0.05) is 19.1 Å². The molecule has 0 aliphatic rings. The summed E-state index contributed by atoms with van der Waals surface area (Å²) in [6.45, 7) is 3.69. The second-order valence-corrected chi connectivity index (χ2v) is 4.74. The largest absolute Gasteiger partial charge is 0.387 e. The summed E-state index contributed by atoms with van der Waals surface area (Å²) in [6.07, 6.45) is 1.57. The molecule has 3 nitrogen and oxygen atoms in total. The van der Waals surface area contributed by atoms with E-state index in [9.17, 15) is 10.4 Å². The number of benzene rings is 1. The van der Waals surface area contributed by atoms with Gasteiger partial charge in [-0.2, -0.15) is 5.26 Å². The minimum Gasteiger partial charge on any atom is -0.387 e. The molecule has 18 heavy (non-hydrogen) atoms. The van der Waals surface area contributed by atoms with Crippen LogP contribution < -0.4 is 0 Å². The molecule has 1 aromatic carbocycles. The molecular weight excluding hydrogens is 224 g/mol. The first-order valence-electron chi connectivity index (χ1n) is 6.04. The second-order valence-electron chi connectivity index (χ2n) is 4.74. The highest BCUT2D eigenvalue weighted by atomic mass is 16.3. The summed E-state index contributed by atoms with van der Waals surface area (Å²) in [6, 6.07) is 11.6. The number of nitrogens with zero attached hydrogens (tertiary/aromatic N) is 2. The number of aliphatic hydroxyl groups is 1. The highest BCUT2D eigenvalue weighted by Gasteiger charge is 2.32. The zero-order valence-corrected chi connectivity index (χ0v) is 10.6. The van der Waals surface area contributed by atoms with Crippen molar-refractivity contribution in [3.05, 3.63) is 42.1 Å². The molecule has 0 saturated carbocycles. The average molecular weight is 240 g/mol. The molecule has 0 radical (unpaired) electrons. The molecule has 3 heteroatoms. The van der Waals surface area contributed by atoms with Crippen LogP contribution in [-0.4, -0.2) is 10.1 Å². The van der Waals surface area contributed by atoms with Gasteiger partial charge in [0.2, 0.25) is 0 Å². The third-order valence-electron chi connectivity index (χ3n) is 3.54. The zero-order valence-electron chi connectivity index (χ0n) is 10.6. The van der Waals surface area contributed by atoms with Gasteiger partial charge < -0.3 is 5.11 Å². The van der Waals surface area contributed by atoms with E-state index >= 15 is 0 Å². The standard InChI is InChI=1S/C15H16N2O/c1-3-15(2,10-16)14(18)12-6-7-13-11(9-12)5-4-8-17-13/h4-9,14,18H,3H2,1-2H3. The highest BCUT2D eigenvalue weighted by Crippen LogP contribution is 2.36. The van der Waals surface area contributed by atoms with Gasteiger partial charge in [-0.05, 0) is 37.1 Å². The number of rotatable bonds is 3. The van der Waals surface area contributed by atoms with Crippen molar-refractivity contribution in [1.82, 2.24) is 4.98 Å². The van der Waals surface area contributed by atoms with Crippen molar-refractivity contribution in [3.8, 4) is 6.07 Å². The number of aromatic nitrogens is 1. The van der Waals surface area contributed by atoms with E-state index in [-0.39, 0.29) is 0 Å². The summed E-state index contributed by atoms with van der Waals surface area (Å²) < 4.78 is 0. The maximum atomic E-state index is 10.4. The molecule has 2 rings (SSSR count). The molecule has 2 aromatic rings. The SMILES string of the molecule is CCC(C)(C#N)C(O)c1ccc2ncccc2c1. The summed E-state index contributed by atoms with van der Waals surface area (Å²) in [7, 11) is 0. The van der Waals surface area contributed by atoms with E-state index in [2.05, 4.69) is 11.1 Å². The van der Waals surface area contributed by atoms with Gasteiger partial charge >= 0.3 is 0 Å². The van der Waals surface area contributed by atoms with Crippen LogP contribution in [0.4, 0.5) is 0 Å². The molecule has 0 amide bonds. The second kappa shape index (κ2) is 4.75. The smallest absolute Gasteiger partial charge is 0.0973 e. The summed E-state index contributed by atoms with van der Waals surface area (Å²) in [5.41, 5.74) is 0.903. The van der Waals surface area contributed by atoms with Crippen molar-refractivity contribution in [2.45, 2.75) is 26.4 Å². The van der Waals surface area contributed by atoms with Crippen LogP contribution in [0.1, 0.15) is 31.9 Å². The van der Waals surface area contributed by atoms with Crippen molar-refractivity contribution < 1.29 is 5.11 Å². The summed E-state index contributed by atoms with van der Waals surface area (Å²) in [4.78, 5) is 4.24. The summed E-state index contributed by atoms with van der Waals surface area (Å²) >= 11 is 0. The van der Waals surface area contributed by atoms with Gasteiger partial charge in [0.05, 0.1) is 23.1 Å². The lowest BCUT2D eigenvalue weighted by molar-refractivity contribution is 0.0723. The van der Waals surface area contributed by atoms with Crippen LogP contribution in [0.3, 0.4) is 0 Å². The average Bonchev–Trinajstić information content (AvgIpc) is 2.45. The number of nitriles is 1. The zero-order chi connectivity index (χ0) is 13.2. The topological polar surface area (TPSA) is 56.9 Å². The minimum absolute atomic E-state index is 0.607. The molecule has 0 saturated heterocycles. The first-order valence-corrected chi connectivity index (χ1v) is 6.04. The van der Waals surface area contributed by atoms with Crippen LogP contribution >= 0.6 is 0 Å². The molecular formula is C15H16N2O. The van der Waals surface area contributed by atoms with E-state index in [1.54, 1.807) is 13.1 Å². The molecule has 0 spiro atoms. The molecule has 0 aliphatic heterocycles. The Morgan fingerprint density at radius 3 is 2.89 bits per heavy atom. The highest BCUT2D eigenvalue weighted by molar-refractivity contribution is 5.79. The van der Waals surface area contributed by atoms with Crippen molar-refractivity contribution in [1.29, 1.82) is 5.26 Å². The fraction of sp³-hybridized carbons (Fsp3) is 0.333. The van der Waals surface area contributed by atoms with E-state index < -0.39 is 11.5 Å². The van der Waals surface area contributed by atoms with E-state index in [4.69, 9.17) is 0 Å². The minimum atomic E-state index is -0.780. The third kappa shape index (κ3) is 2.07. The van der Waals surface area contributed by atoms with Crippen LogP contribution in [0.5, 0.6) is 0 Å². The molecule has 92 valence electrons. The maximum absolute atomic E-state index is 10.4. The van der Waals surface area contributed by atoms with Crippen LogP contribution in [0, 0.1) is 16.7 Å². The quantitative estimate of drug-likeness (QED) is 0.896. The van der Waals surface area contributed by atoms with Gasteiger partial charge in [-0.25, -0.2) is 0 Å². The Labute approximate surface area is 107 Å². The van der Waals surface area contributed by atoms with Crippen LogP contribution in [0.2, 0.25) is 0 Å². The van der Waals surface area contributed by atoms with Gasteiger partial charge in [0.25, 0.3) is 0 Å². The van der Waals surface area contributed by atoms with Gasteiger partial charge in [0, 0.05) is 11.6 Å². The van der Waals surface area contributed by atoms with Gasteiger partial charge in [0.1, 0.15) is 0 Å². The lowest BCUT2D eigenvalue weighted by atomic mass is 9.79. The predicted molar refractivity (Wildman–Crippen MR) is 70.7 cm³/mol. The number of pyridine rings is 1. The molecule has 0 bridgehead atoms. The Morgan fingerprint density at radius 2 is 2.22 bits per heavy atom. The Balaban J connectivity index is 2.46. The Bertz CT molecular complexity index is 603. The molecule has 1 heterocycles. The number of fused-ring (bicyclic) bond motifs is 1. The number of aliphatic hydroxyl groups excluding tert-OH is 1. The lowest BCUT2D eigenvalue weighted by Crippen LogP contribution is -2.22. The number of hydrogen-bond donors (Lipinski definition) is 1. The van der Waals surface area contributed by atoms with Gasteiger partial charge in [-0.15, -0.1) is 0 Å². The van der Waals surface area contributed by atoms with Gasteiger partial charge in [0.15, 0.2) is 0 Å². The fourth-order valence-electron chi connectivity index (χ4n) is 1.97. The summed E-state index contributed by atoms with van der Waals surface area (Å²) in [5, 5.41) is 20.5. The normalized spacial score (nSPS) is 15.9. The molecule has 0 fully saturated rings. The predicted octanol–water partition coefficient (Wildman–Crippen LogP) is 3.21. The summed E-state index contributed by atoms with van der Waals surface area (Å²) in [5.74, 6) is 0. The maximum Gasteiger partial charge on any atom is 0.0973 e. The first-order chi connectivity index (χ1) is 8.60. The van der Waals surface area contributed by atoms with E-state index in [0.717, 1.165) is 16.5 Å². The van der Waals surface area contributed by atoms with E-state index in [1.165, 1.54) is 0 Å². The van der Waals surface area contributed by atoms with Crippen molar-refractivity contribution in [2.24, 2.45) is 5.41 Å². The molecule has 1 N–H and O–H groups in total. The Hall–Kier alpha value is -1.92. The van der Waals surface area contributed by atoms with E-state index in [1.807, 2.05) is 37.3 Å². The van der Waals surface area contributed by atoms with Gasteiger partial charge in [-0.3, -0.25) is 4.98 Å². The molecule has 1 aromatic heterocycles. The molecule has 0 aliphatic carbocycles. The Morgan fingerprint density at radius 1 is 1.44 bits per heavy atom. The lowest BCUT2D eigenvalue weighted by Gasteiger charge is -2.26. The molecule has 2 atom stereocenters. The monoisotopic (exact) mass is 240 g/mol. The van der Waals surface area contributed by atoms with Crippen molar-refractivity contribution in [2.75, 3.05) is 0 Å². The fourth-order valence-corrected chi connectivity index (χ4v) is 1.97.